The van der Waals surface area contributed by atoms with E-state index in [-0.39, 0.29) is 0 Å². The molecule has 0 atom stereocenters. The van der Waals surface area contributed by atoms with Crippen molar-refractivity contribution in [2.75, 3.05) is 6.73 Å². The molecule has 0 aromatic carbocycles. The third kappa shape index (κ3) is 3.23. The standard InChI is InChI=1S/C2H4NO3/c4-1-3-2(5)6/h3H,1H2,(H,5,6). The lowest BCUT2D eigenvalue weighted by atomic mass is 11.1. The van der Waals surface area contributed by atoms with Crippen molar-refractivity contribution < 1.29 is 15.0 Å². The first-order chi connectivity index (χ1) is 2.77. The Morgan fingerprint density at radius 2 is 2.33 bits per heavy atom. The quantitative estimate of drug-likeness (QED) is 0.432. The molecule has 0 aromatic heterocycles. The third-order valence-electron chi connectivity index (χ3n) is 0.223. The molecule has 0 saturated heterocycles. The monoisotopic (exact) mass is 90.0 g/mol. The predicted molar refractivity (Wildman–Crippen MR) is 16.7 cm³/mol. The largest absolute Gasteiger partial charge is 0.465 e. The Labute approximate surface area is 34.4 Å². The summed E-state index contributed by atoms with van der Waals surface area (Å²) in [6.45, 7) is -0.769. The van der Waals surface area contributed by atoms with Crippen LogP contribution >= 0.6 is 0 Å². The van der Waals surface area contributed by atoms with Crippen LogP contribution in [0.4, 0.5) is 4.79 Å². The van der Waals surface area contributed by atoms with E-state index in [1.165, 1.54) is 0 Å². The molecule has 0 aliphatic heterocycles. The van der Waals surface area contributed by atoms with Gasteiger partial charge in [-0.05, 0) is 0 Å². The van der Waals surface area contributed by atoms with Gasteiger partial charge in [0.15, 0.2) is 6.73 Å². The molecule has 0 unspecified atom stereocenters. The van der Waals surface area contributed by atoms with Crippen LogP contribution in [0, 0.1) is 0 Å². The van der Waals surface area contributed by atoms with Crippen molar-refractivity contribution in [2.45, 2.75) is 0 Å². The zero-order chi connectivity index (χ0) is 4.99. The second kappa shape index (κ2) is 2.47. The molecule has 1 radical (unpaired) electrons. The summed E-state index contributed by atoms with van der Waals surface area (Å²) in [5.41, 5.74) is 0. The highest BCUT2D eigenvalue weighted by Crippen LogP contribution is 1.52. The zero-order valence-electron chi connectivity index (χ0n) is 2.97. The molecule has 1 amide bonds. The lowest BCUT2D eigenvalue weighted by molar-refractivity contribution is 0.144. The Hall–Kier alpha value is -0.770. The summed E-state index contributed by atoms with van der Waals surface area (Å²) in [4.78, 5) is 9.29. The smallest absolute Gasteiger partial charge is 0.406 e. The average Bonchev–Trinajstić information content (AvgIpc) is 1.35. The number of carbonyl (C=O) groups is 1. The minimum absolute atomic E-state index is 0.769. The van der Waals surface area contributed by atoms with Gasteiger partial charge in [-0.15, -0.1) is 0 Å². The van der Waals surface area contributed by atoms with E-state index in [2.05, 4.69) is 0 Å². The third-order valence-corrected chi connectivity index (χ3v) is 0.223. The number of rotatable bonds is 1. The van der Waals surface area contributed by atoms with Crippen LogP contribution in [0.1, 0.15) is 0 Å². The van der Waals surface area contributed by atoms with E-state index in [0.29, 0.717) is 0 Å². The van der Waals surface area contributed by atoms with Gasteiger partial charge in [0.2, 0.25) is 0 Å². The molecule has 35 valence electrons. The van der Waals surface area contributed by atoms with Gasteiger partial charge in [-0.2, -0.15) is 0 Å². The van der Waals surface area contributed by atoms with Gasteiger partial charge in [0.1, 0.15) is 0 Å². The van der Waals surface area contributed by atoms with Gasteiger partial charge in [0.05, 0.1) is 0 Å². The Morgan fingerprint density at radius 1 is 1.83 bits per heavy atom. The molecule has 6 heavy (non-hydrogen) atoms. The fourth-order valence-electron chi connectivity index (χ4n) is 0.0617. The second-order valence-corrected chi connectivity index (χ2v) is 0.626. The first-order valence-corrected chi connectivity index (χ1v) is 1.32. The van der Waals surface area contributed by atoms with Gasteiger partial charge in [0.25, 0.3) is 0 Å². The maximum Gasteiger partial charge on any atom is 0.406 e. The van der Waals surface area contributed by atoms with Crippen LogP contribution in [0.5, 0.6) is 0 Å². The highest BCUT2D eigenvalue weighted by atomic mass is 16.4. The van der Waals surface area contributed by atoms with Crippen LogP contribution < -0.4 is 5.32 Å². The van der Waals surface area contributed by atoms with Crippen LogP contribution in [-0.2, 0) is 5.11 Å². The predicted octanol–water partition coefficient (Wildman–Crippen LogP) is -0.358. The molecular weight excluding hydrogens is 86.0 g/mol. The van der Waals surface area contributed by atoms with Crippen LogP contribution in [0.25, 0.3) is 0 Å². The number of hydrogen-bond acceptors (Lipinski definition) is 1. The maximum atomic E-state index is 9.29. The van der Waals surface area contributed by atoms with Crippen molar-refractivity contribution in [3.8, 4) is 0 Å². The van der Waals surface area contributed by atoms with Gasteiger partial charge < -0.3 is 5.11 Å². The molecule has 0 aliphatic carbocycles. The number of carboxylic acid groups (broad SMARTS) is 1. The Kier molecular flexibility index (Phi) is 2.15. The number of hydrogen-bond donors (Lipinski definition) is 2. The first-order valence-electron chi connectivity index (χ1n) is 1.32. The average molecular weight is 90.1 g/mol. The Balaban J connectivity index is 2.83. The Morgan fingerprint density at radius 3 is 2.33 bits per heavy atom. The van der Waals surface area contributed by atoms with E-state index in [4.69, 9.17) is 5.11 Å². The van der Waals surface area contributed by atoms with Crippen molar-refractivity contribution >= 4 is 6.09 Å². The van der Waals surface area contributed by atoms with Crippen molar-refractivity contribution in [2.24, 2.45) is 0 Å². The normalized spacial score (nSPS) is 7.50. The lowest BCUT2D eigenvalue weighted by Crippen LogP contribution is -2.20. The summed E-state index contributed by atoms with van der Waals surface area (Å²) < 4.78 is 0. The summed E-state index contributed by atoms with van der Waals surface area (Å²) >= 11 is 0. The van der Waals surface area contributed by atoms with Gasteiger partial charge in [-0.1, -0.05) is 0 Å². The molecular formula is C2H4NO3. The molecule has 4 heteroatoms. The summed E-state index contributed by atoms with van der Waals surface area (Å²) in [6.07, 6.45) is -1.27. The zero-order valence-corrected chi connectivity index (χ0v) is 2.97. The van der Waals surface area contributed by atoms with Crippen LogP contribution in [0.3, 0.4) is 0 Å². The van der Waals surface area contributed by atoms with E-state index in [9.17, 15) is 9.90 Å². The first kappa shape index (κ1) is 5.23. The fourth-order valence-corrected chi connectivity index (χ4v) is 0.0617. The SMILES string of the molecule is [O]CNC(=O)O. The summed E-state index contributed by atoms with van der Waals surface area (Å²) in [5.74, 6) is 0. The number of nitrogens with one attached hydrogen (secondary N) is 1. The van der Waals surface area contributed by atoms with Crippen LogP contribution in [-0.4, -0.2) is 17.9 Å². The fraction of sp³-hybridized carbons (Fsp3) is 0.500. The molecule has 0 saturated carbocycles. The lowest BCUT2D eigenvalue weighted by Gasteiger charge is -1.84. The minimum atomic E-state index is -1.27. The van der Waals surface area contributed by atoms with E-state index in [1.54, 1.807) is 5.32 Å². The molecule has 0 aromatic rings. The highest BCUT2D eigenvalue weighted by Gasteiger charge is 1.85. The van der Waals surface area contributed by atoms with E-state index < -0.39 is 12.8 Å². The summed E-state index contributed by atoms with van der Waals surface area (Å²) in [5, 5.41) is 18.4. The topological polar surface area (TPSA) is 69.2 Å². The molecule has 0 bridgehead atoms. The van der Waals surface area contributed by atoms with Crippen molar-refractivity contribution in [3.63, 3.8) is 0 Å². The van der Waals surface area contributed by atoms with Crippen molar-refractivity contribution in [3.05, 3.63) is 0 Å². The molecule has 2 N–H and O–H groups in total. The van der Waals surface area contributed by atoms with Crippen molar-refractivity contribution in [1.82, 2.24) is 5.32 Å². The minimum Gasteiger partial charge on any atom is -0.465 e. The van der Waals surface area contributed by atoms with Gasteiger partial charge >= 0.3 is 6.09 Å². The molecule has 0 rings (SSSR count). The van der Waals surface area contributed by atoms with Gasteiger partial charge in [-0.3, -0.25) is 5.32 Å². The summed E-state index contributed by atoms with van der Waals surface area (Å²) in [6, 6.07) is 0. The molecule has 0 fully saturated rings. The molecule has 0 heterocycles. The van der Waals surface area contributed by atoms with Crippen molar-refractivity contribution in [1.29, 1.82) is 0 Å². The Bertz CT molecular complexity index is 52.8. The van der Waals surface area contributed by atoms with E-state index in [1.807, 2.05) is 0 Å². The van der Waals surface area contributed by atoms with Gasteiger partial charge in [-0.25, -0.2) is 9.90 Å². The van der Waals surface area contributed by atoms with E-state index >= 15 is 0 Å². The van der Waals surface area contributed by atoms with Crippen LogP contribution in [0.2, 0.25) is 0 Å². The molecule has 0 spiro atoms. The second-order valence-electron chi connectivity index (χ2n) is 0.626. The maximum absolute atomic E-state index is 9.29. The van der Waals surface area contributed by atoms with E-state index in [0.717, 1.165) is 0 Å². The van der Waals surface area contributed by atoms with Gasteiger partial charge in [0, 0.05) is 0 Å². The summed E-state index contributed by atoms with van der Waals surface area (Å²) in [7, 11) is 0. The number of amides is 1. The van der Waals surface area contributed by atoms with Crippen LogP contribution in [0.15, 0.2) is 0 Å². The highest BCUT2D eigenvalue weighted by molar-refractivity contribution is 5.63. The molecule has 0 aliphatic rings. The molecule has 4 nitrogen and oxygen atoms in total.